The van der Waals surface area contributed by atoms with Crippen LogP contribution in [0, 0.1) is 0 Å². The summed E-state index contributed by atoms with van der Waals surface area (Å²) in [5, 5.41) is 5.36. The third kappa shape index (κ3) is 2.46. The molecule has 1 N–H and O–H groups in total. The highest BCUT2D eigenvalue weighted by Gasteiger charge is 2.17. The van der Waals surface area contributed by atoms with E-state index >= 15 is 0 Å². The summed E-state index contributed by atoms with van der Waals surface area (Å²) in [6.07, 6.45) is 0. The van der Waals surface area contributed by atoms with Crippen LogP contribution in [0.3, 0.4) is 0 Å². The van der Waals surface area contributed by atoms with Crippen molar-refractivity contribution < 1.29 is 14.3 Å². The van der Waals surface area contributed by atoms with E-state index in [1.165, 1.54) is 11.3 Å². The van der Waals surface area contributed by atoms with Crippen molar-refractivity contribution in [3.05, 3.63) is 34.8 Å². The molecule has 1 aliphatic heterocycles. The Morgan fingerprint density at radius 1 is 1.35 bits per heavy atom. The van der Waals surface area contributed by atoms with Crippen molar-refractivity contribution in [3.8, 4) is 11.5 Å². The van der Waals surface area contributed by atoms with Crippen molar-refractivity contribution in [2.24, 2.45) is 0 Å². The summed E-state index contributed by atoms with van der Waals surface area (Å²) in [5.41, 5.74) is 1.51. The lowest BCUT2D eigenvalue weighted by atomic mass is 10.2. The summed E-state index contributed by atoms with van der Waals surface area (Å²) in [6.45, 7) is 4.33. The van der Waals surface area contributed by atoms with Crippen LogP contribution in [0.25, 0.3) is 0 Å². The average Bonchev–Trinajstić information content (AvgIpc) is 3.05. The monoisotopic (exact) mass is 290 g/mol. The number of hydrogen-bond acceptors (Lipinski definition) is 5. The molecule has 0 aliphatic carbocycles. The maximum Gasteiger partial charge on any atom is 0.257 e. The van der Waals surface area contributed by atoms with Crippen LogP contribution in [0.4, 0.5) is 5.13 Å². The summed E-state index contributed by atoms with van der Waals surface area (Å²) in [6, 6.07) is 5.12. The van der Waals surface area contributed by atoms with Crippen LogP contribution in [0.5, 0.6) is 11.5 Å². The lowest BCUT2D eigenvalue weighted by molar-refractivity contribution is 0.102. The van der Waals surface area contributed by atoms with Gasteiger partial charge in [0.25, 0.3) is 5.91 Å². The topological polar surface area (TPSA) is 60.5 Å². The molecule has 1 aromatic heterocycles. The van der Waals surface area contributed by atoms with Crippen LogP contribution in [-0.2, 0) is 0 Å². The van der Waals surface area contributed by atoms with E-state index in [0.29, 0.717) is 28.1 Å². The molecule has 2 aromatic rings. The number of nitrogens with one attached hydrogen (secondary N) is 1. The van der Waals surface area contributed by atoms with Gasteiger partial charge in [0, 0.05) is 10.9 Å². The van der Waals surface area contributed by atoms with Gasteiger partial charge in [-0.05, 0) is 24.1 Å². The summed E-state index contributed by atoms with van der Waals surface area (Å²) < 4.78 is 10.5. The molecule has 0 bridgehead atoms. The van der Waals surface area contributed by atoms with E-state index in [4.69, 9.17) is 9.47 Å². The van der Waals surface area contributed by atoms with Crippen molar-refractivity contribution in [1.82, 2.24) is 4.98 Å². The average molecular weight is 290 g/mol. The fourth-order valence-electron chi connectivity index (χ4n) is 1.82. The van der Waals surface area contributed by atoms with Gasteiger partial charge in [-0.2, -0.15) is 0 Å². The van der Waals surface area contributed by atoms with E-state index in [0.717, 1.165) is 5.69 Å². The maximum absolute atomic E-state index is 12.2. The van der Waals surface area contributed by atoms with Crippen molar-refractivity contribution in [2.75, 3.05) is 12.1 Å². The Morgan fingerprint density at radius 2 is 2.15 bits per heavy atom. The highest BCUT2D eigenvalue weighted by atomic mass is 32.1. The highest BCUT2D eigenvalue weighted by molar-refractivity contribution is 7.14. The molecule has 20 heavy (non-hydrogen) atoms. The van der Waals surface area contributed by atoms with E-state index in [2.05, 4.69) is 24.1 Å². The number of anilines is 1. The lowest BCUT2D eigenvalue weighted by Crippen LogP contribution is -2.11. The Kier molecular flexibility index (Phi) is 3.31. The van der Waals surface area contributed by atoms with Gasteiger partial charge in [0.2, 0.25) is 6.79 Å². The summed E-state index contributed by atoms with van der Waals surface area (Å²) in [4.78, 5) is 16.5. The van der Waals surface area contributed by atoms with E-state index in [1.54, 1.807) is 18.2 Å². The molecule has 0 radical (unpaired) electrons. The molecule has 0 spiro atoms. The Labute approximate surface area is 120 Å². The van der Waals surface area contributed by atoms with Crippen molar-refractivity contribution in [1.29, 1.82) is 0 Å². The van der Waals surface area contributed by atoms with Crippen LogP contribution in [0.2, 0.25) is 0 Å². The number of rotatable bonds is 3. The van der Waals surface area contributed by atoms with Gasteiger partial charge in [0.15, 0.2) is 16.6 Å². The molecule has 1 amide bonds. The molecule has 3 rings (SSSR count). The standard InChI is InChI=1S/C14H14N2O3S/c1-8(2)10-6-20-14(15-10)16-13(17)9-3-4-11-12(5-9)19-7-18-11/h3-6,8H,7H2,1-2H3,(H,15,16,17). The Bertz CT molecular complexity index is 652. The van der Waals surface area contributed by atoms with Crippen molar-refractivity contribution >= 4 is 22.4 Å². The first-order valence-electron chi connectivity index (χ1n) is 6.30. The third-order valence-electron chi connectivity index (χ3n) is 2.97. The van der Waals surface area contributed by atoms with E-state index in [9.17, 15) is 4.79 Å². The SMILES string of the molecule is CC(C)c1csc(NC(=O)c2ccc3c(c2)OCO3)n1. The molecule has 0 saturated heterocycles. The highest BCUT2D eigenvalue weighted by Crippen LogP contribution is 2.32. The number of amides is 1. The zero-order valence-corrected chi connectivity index (χ0v) is 12.0. The van der Waals surface area contributed by atoms with Crippen molar-refractivity contribution in [2.45, 2.75) is 19.8 Å². The van der Waals surface area contributed by atoms with Crippen LogP contribution in [-0.4, -0.2) is 17.7 Å². The van der Waals surface area contributed by atoms with E-state index < -0.39 is 0 Å². The first-order valence-corrected chi connectivity index (χ1v) is 7.18. The maximum atomic E-state index is 12.2. The molecule has 0 atom stereocenters. The number of carbonyl (C=O) groups is 1. The van der Waals surface area contributed by atoms with Crippen LogP contribution >= 0.6 is 11.3 Å². The van der Waals surface area contributed by atoms with E-state index in [1.807, 2.05) is 5.38 Å². The van der Waals surface area contributed by atoms with E-state index in [-0.39, 0.29) is 12.7 Å². The zero-order valence-electron chi connectivity index (χ0n) is 11.2. The minimum Gasteiger partial charge on any atom is -0.454 e. The Balaban J connectivity index is 1.75. The van der Waals surface area contributed by atoms with Gasteiger partial charge in [0.1, 0.15) is 0 Å². The van der Waals surface area contributed by atoms with Crippen LogP contribution < -0.4 is 14.8 Å². The quantitative estimate of drug-likeness (QED) is 0.942. The third-order valence-corrected chi connectivity index (χ3v) is 3.74. The number of thiazole rings is 1. The number of fused-ring (bicyclic) bond motifs is 1. The van der Waals surface area contributed by atoms with Gasteiger partial charge < -0.3 is 9.47 Å². The second-order valence-electron chi connectivity index (χ2n) is 4.75. The molecule has 6 heteroatoms. The lowest BCUT2D eigenvalue weighted by Gasteiger charge is -2.03. The molecule has 5 nitrogen and oxygen atoms in total. The first-order chi connectivity index (χ1) is 9.63. The van der Waals surface area contributed by atoms with Gasteiger partial charge in [-0.25, -0.2) is 4.98 Å². The number of hydrogen-bond donors (Lipinski definition) is 1. The van der Waals surface area contributed by atoms with Crippen molar-refractivity contribution in [3.63, 3.8) is 0 Å². The number of carbonyl (C=O) groups excluding carboxylic acids is 1. The molecule has 0 fully saturated rings. The molecule has 2 heterocycles. The summed E-state index contributed by atoms with van der Waals surface area (Å²) in [7, 11) is 0. The fraction of sp³-hybridized carbons (Fsp3) is 0.286. The second-order valence-corrected chi connectivity index (χ2v) is 5.61. The Morgan fingerprint density at radius 3 is 2.90 bits per heavy atom. The zero-order chi connectivity index (χ0) is 14.1. The molecule has 1 aromatic carbocycles. The number of ether oxygens (including phenoxy) is 2. The second kappa shape index (κ2) is 5.13. The smallest absolute Gasteiger partial charge is 0.257 e. The largest absolute Gasteiger partial charge is 0.454 e. The van der Waals surface area contributed by atoms with Gasteiger partial charge in [-0.15, -0.1) is 11.3 Å². The first kappa shape index (κ1) is 12.9. The minimum absolute atomic E-state index is 0.199. The predicted molar refractivity (Wildman–Crippen MR) is 76.7 cm³/mol. The van der Waals surface area contributed by atoms with Crippen LogP contribution in [0.1, 0.15) is 35.8 Å². The van der Waals surface area contributed by atoms with Gasteiger partial charge in [-0.1, -0.05) is 13.8 Å². The molecule has 1 aliphatic rings. The van der Waals surface area contributed by atoms with Gasteiger partial charge in [0.05, 0.1) is 5.69 Å². The van der Waals surface area contributed by atoms with Gasteiger partial charge in [-0.3, -0.25) is 10.1 Å². The predicted octanol–water partition coefficient (Wildman–Crippen LogP) is 3.25. The number of benzene rings is 1. The molecule has 0 saturated carbocycles. The fourth-order valence-corrected chi connectivity index (χ4v) is 2.68. The Hall–Kier alpha value is -2.08. The normalized spacial score (nSPS) is 12.8. The molecular weight excluding hydrogens is 276 g/mol. The van der Waals surface area contributed by atoms with Gasteiger partial charge >= 0.3 is 0 Å². The minimum atomic E-state index is -0.201. The number of aromatic nitrogens is 1. The molecular formula is C14H14N2O3S. The molecule has 104 valence electrons. The molecule has 0 unspecified atom stereocenters. The number of nitrogens with zero attached hydrogens (tertiary/aromatic N) is 1. The van der Waals surface area contributed by atoms with Crippen LogP contribution in [0.15, 0.2) is 23.6 Å². The summed E-state index contributed by atoms with van der Waals surface area (Å²) >= 11 is 1.43. The summed E-state index contributed by atoms with van der Waals surface area (Å²) in [5.74, 6) is 1.41.